The maximum Gasteiger partial charge on any atom is 0.262 e. The summed E-state index contributed by atoms with van der Waals surface area (Å²) in [5.41, 5.74) is 3.74. The molecule has 5 rings (SSSR count). The number of rotatable bonds is 5. The van der Waals surface area contributed by atoms with Gasteiger partial charge in [-0.05, 0) is 44.7 Å². The van der Waals surface area contributed by atoms with Crippen LogP contribution in [0.25, 0.3) is 15.3 Å². The van der Waals surface area contributed by atoms with Gasteiger partial charge in [0.25, 0.3) is 5.56 Å². The number of fused-ring (bicyclic) bond motifs is 3. The van der Waals surface area contributed by atoms with Gasteiger partial charge in [0.15, 0.2) is 16.1 Å². The van der Waals surface area contributed by atoms with Crippen molar-refractivity contribution in [3.63, 3.8) is 0 Å². The van der Waals surface area contributed by atoms with E-state index in [0.29, 0.717) is 10.7 Å². The zero-order valence-electron chi connectivity index (χ0n) is 16.9. The van der Waals surface area contributed by atoms with E-state index in [0.717, 1.165) is 46.0 Å². The average molecular weight is 457 g/mol. The van der Waals surface area contributed by atoms with Gasteiger partial charge in [-0.2, -0.15) is 0 Å². The number of hydrogen-bond acceptors (Lipinski definition) is 7. The van der Waals surface area contributed by atoms with Gasteiger partial charge in [-0.25, -0.2) is 9.97 Å². The van der Waals surface area contributed by atoms with Crippen LogP contribution in [0.1, 0.15) is 38.6 Å². The molecule has 4 aromatic heterocycles. The van der Waals surface area contributed by atoms with Crippen LogP contribution in [0.4, 0.5) is 0 Å². The highest BCUT2D eigenvalue weighted by Crippen LogP contribution is 2.35. The predicted molar refractivity (Wildman–Crippen MR) is 123 cm³/mol. The van der Waals surface area contributed by atoms with Crippen molar-refractivity contribution in [1.82, 2.24) is 19.1 Å². The summed E-state index contributed by atoms with van der Waals surface area (Å²) < 4.78 is 3.60. The Hall–Kier alpha value is -2.23. The van der Waals surface area contributed by atoms with E-state index >= 15 is 0 Å². The van der Waals surface area contributed by atoms with E-state index in [2.05, 4.69) is 4.98 Å². The third-order valence-electron chi connectivity index (χ3n) is 5.58. The number of carbonyl (C=O) groups excluding carboxylic acids is 1. The fraction of sp³-hybridized carbons (Fsp3) is 0.333. The van der Waals surface area contributed by atoms with Gasteiger partial charge in [-0.15, -0.1) is 22.7 Å². The Balaban J connectivity index is 1.42. The third kappa shape index (κ3) is 3.07. The number of Topliss-reactive ketones (excluding diaryl/α,β-unsaturated/α-hetero) is 1. The van der Waals surface area contributed by atoms with Crippen molar-refractivity contribution in [2.45, 2.75) is 38.3 Å². The molecule has 0 saturated heterocycles. The minimum Gasteiger partial charge on any atom is -0.294 e. The molecule has 0 unspecified atom stereocenters. The van der Waals surface area contributed by atoms with E-state index in [-0.39, 0.29) is 17.1 Å². The molecule has 0 amide bonds. The van der Waals surface area contributed by atoms with E-state index in [9.17, 15) is 9.59 Å². The Labute approximate surface area is 185 Å². The maximum absolute atomic E-state index is 13.0. The first-order chi connectivity index (χ1) is 14.5. The van der Waals surface area contributed by atoms with Gasteiger partial charge in [0.05, 0.1) is 11.1 Å². The van der Waals surface area contributed by atoms with Crippen molar-refractivity contribution in [3.8, 4) is 5.13 Å². The molecule has 9 heteroatoms. The van der Waals surface area contributed by atoms with Gasteiger partial charge < -0.3 is 0 Å². The fourth-order valence-electron chi connectivity index (χ4n) is 4.11. The van der Waals surface area contributed by atoms with Crippen LogP contribution in [-0.4, -0.2) is 30.6 Å². The summed E-state index contributed by atoms with van der Waals surface area (Å²) in [5.74, 6) is 0.262. The molecule has 0 aromatic carbocycles. The first-order valence-electron chi connectivity index (χ1n) is 9.71. The Bertz CT molecular complexity index is 1350. The molecule has 0 aliphatic heterocycles. The second kappa shape index (κ2) is 7.47. The van der Waals surface area contributed by atoms with Gasteiger partial charge >= 0.3 is 0 Å². The Kier molecular flexibility index (Phi) is 4.91. The number of thiazole rings is 1. The summed E-state index contributed by atoms with van der Waals surface area (Å²) in [6.45, 7) is 3.92. The standard InChI is InChI=1S/C21H20N4O2S3/c1-11-9-14(12(2)25(11)20-22-7-8-28-20)15(26)10-29-21-23-18-17(19(27)24(21)3)13-5-4-6-16(13)30-18/h7-9H,4-6,10H2,1-3H3. The number of aryl methyl sites for hydroxylation is 3. The van der Waals surface area contributed by atoms with E-state index in [1.165, 1.54) is 22.2 Å². The minimum absolute atomic E-state index is 0.00343. The van der Waals surface area contributed by atoms with Crippen molar-refractivity contribution >= 4 is 50.4 Å². The topological polar surface area (TPSA) is 69.8 Å². The van der Waals surface area contributed by atoms with Gasteiger partial charge in [0.1, 0.15) is 4.83 Å². The van der Waals surface area contributed by atoms with Crippen molar-refractivity contribution in [2.24, 2.45) is 7.05 Å². The number of hydrogen-bond donors (Lipinski definition) is 0. The SMILES string of the molecule is Cc1cc(C(=O)CSc2nc3sc4c(c3c(=O)n2C)CCC4)c(C)n1-c1nccs1. The molecule has 4 aromatic rings. The molecule has 0 spiro atoms. The molecule has 30 heavy (non-hydrogen) atoms. The van der Waals surface area contributed by atoms with Crippen molar-refractivity contribution < 1.29 is 4.79 Å². The Morgan fingerprint density at radius 3 is 2.90 bits per heavy atom. The summed E-state index contributed by atoms with van der Waals surface area (Å²) >= 11 is 4.50. The van der Waals surface area contributed by atoms with Crippen LogP contribution in [0, 0.1) is 13.8 Å². The molecule has 0 saturated carbocycles. The maximum atomic E-state index is 13.0. The van der Waals surface area contributed by atoms with E-state index in [4.69, 9.17) is 4.98 Å². The molecule has 1 aliphatic carbocycles. The highest BCUT2D eigenvalue weighted by Gasteiger charge is 2.23. The van der Waals surface area contributed by atoms with Crippen LogP contribution in [0.3, 0.4) is 0 Å². The lowest BCUT2D eigenvalue weighted by molar-refractivity contribution is 0.102. The molecule has 0 atom stereocenters. The second-order valence-electron chi connectivity index (χ2n) is 7.44. The van der Waals surface area contributed by atoms with Gasteiger partial charge in [-0.3, -0.25) is 18.7 Å². The van der Waals surface area contributed by atoms with Gasteiger partial charge in [0.2, 0.25) is 0 Å². The summed E-state index contributed by atoms with van der Waals surface area (Å²) in [7, 11) is 1.74. The predicted octanol–water partition coefficient (Wildman–Crippen LogP) is 4.32. The summed E-state index contributed by atoms with van der Waals surface area (Å²) in [4.78, 5) is 37.1. The van der Waals surface area contributed by atoms with Gasteiger partial charge in [0, 0.05) is 40.5 Å². The summed E-state index contributed by atoms with van der Waals surface area (Å²) in [6.07, 6.45) is 4.88. The molecule has 6 nitrogen and oxygen atoms in total. The van der Waals surface area contributed by atoms with E-state index in [1.54, 1.807) is 40.5 Å². The van der Waals surface area contributed by atoms with Crippen LogP contribution in [0.15, 0.2) is 27.6 Å². The van der Waals surface area contributed by atoms with Crippen LogP contribution < -0.4 is 5.56 Å². The zero-order valence-corrected chi connectivity index (χ0v) is 19.3. The molecule has 0 bridgehead atoms. The normalized spacial score (nSPS) is 13.3. The van der Waals surface area contributed by atoms with Crippen molar-refractivity contribution in [3.05, 3.63) is 55.4 Å². The van der Waals surface area contributed by atoms with E-state index < -0.39 is 0 Å². The Morgan fingerprint density at radius 1 is 1.30 bits per heavy atom. The fourth-order valence-corrected chi connectivity index (χ4v) is 7.02. The molecule has 1 aliphatic rings. The third-order valence-corrected chi connectivity index (χ3v) is 8.55. The van der Waals surface area contributed by atoms with Crippen molar-refractivity contribution in [1.29, 1.82) is 0 Å². The number of thiophene rings is 1. The van der Waals surface area contributed by atoms with Crippen LogP contribution in [0.2, 0.25) is 0 Å². The van der Waals surface area contributed by atoms with E-state index in [1.807, 2.05) is 29.9 Å². The summed E-state index contributed by atoms with van der Waals surface area (Å²) in [6, 6.07) is 1.92. The lowest BCUT2D eigenvalue weighted by atomic mass is 10.2. The zero-order chi connectivity index (χ0) is 21.0. The number of nitrogens with zero attached hydrogens (tertiary/aromatic N) is 4. The van der Waals surface area contributed by atoms with Crippen LogP contribution in [-0.2, 0) is 19.9 Å². The number of carbonyl (C=O) groups is 1. The molecule has 154 valence electrons. The van der Waals surface area contributed by atoms with Gasteiger partial charge in [-0.1, -0.05) is 11.8 Å². The second-order valence-corrected chi connectivity index (χ2v) is 10.3. The number of aromatic nitrogens is 4. The smallest absolute Gasteiger partial charge is 0.262 e. The quantitative estimate of drug-likeness (QED) is 0.254. The Morgan fingerprint density at radius 2 is 2.13 bits per heavy atom. The molecular weight excluding hydrogens is 436 g/mol. The lowest BCUT2D eigenvalue weighted by Crippen LogP contribution is -2.20. The molecule has 0 N–H and O–H groups in total. The molecule has 4 heterocycles. The van der Waals surface area contributed by atoms with Crippen LogP contribution >= 0.6 is 34.4 Å². The number of thioether (sulfide) groups is 1. The molecule has 0 fully saturated rings. The molecular formula is C21H20N4O2S3. The molecule has 0 radical (unpaired) electrons. The highest BCUT2D eigenvalue weighted by molar-refractivity contribution is 7.99. The first-order valence-corrected chi connectivity index (χ1v) is 12.4. The van der Waals surface area contributed by atoms with Crippen molar-refractivity contribution in [2.75, 3.05) is 5.75 Å². The number of ketones is 1. The lowest BCUT2D eigenvalue weighted by Gasteiger charge is -2.08. The summed E-state index contributed by atoms with van der Waals surface area (Å²) in [5, 5.41) is 4.15. The highest BCUT2D eigenvalue weighted by atomic mass is 32.2. The largest absolute Gasteiger partial charge is 0.294 e. The monoisotopic (exact) mass is 456 g/mol. The van der Waals surface area contributed by atoms with Crippen LogP contribution in [0.5, 0.6) is 0 Å². The first kappa shape index (κ1) is 19.7. The minimum atomic E-state index is -0.00343. The average Bonchev–Trinajstić information content (AvgIpc) is 3.48.